The van der Waals surface area contributed by atoms with Gasteiger partial charge in [-0.1, -0.05) is 54.2 Å². The van der Waals surface area contributed by atoms with Gasteiger partial charge < -0.3 is 14.4 Å². The molecular weight excluding hydrogens is 469 g/mol. The molecule has 9 heteroatoms. The maximum absolute atomic E-state index is 13.9. The second-order valence-corrected chi connectivity index (χ2v) is 9.80. The number of amides is 1. The zero-order chi connectivity index (χ0) is 23.8. The van der Waals surface area contributed by atoms with Crippen LogP contribution < -0.4 is 4.90 Å². The molecule has 178 valence electrons. The van der Waals surface area contributed by atoms with Crippen molar-refractivity contribution in [2.75, 3.05) is 36.8 Å². The number of hydrogen-bond acceptors (Lipinski definition) is 6. The summed E-state index contributed by atoms with van der Waals surface area (Å²) >= 11 is 2.99. The van der Waals surface area contributed by atoms with Gasteiger partial charge in [-0.2, -0.15) is 0 Å². The van der Waals surface area contributed by atoms with Crippen molar-refractivity contribution >= 4 is 35.1 Å². The molecular formula is C25H28FN5OS2. The number of carbonyl (C=O) groups is 1. The molecule has 0 aliphatic carbocycles. The molecule has 3 aromatic rings. The SMILES string of the molecule is C=CCn1c(CSCc2ccccc2F)nnc1SCC(=O)N1CCN(c2ccccc2)CC1. The van der Waals surface area contributed by atoms with E-state index >= 15 is 0 Å². The van der Waals surface area contributed by atoms with Gasteiger partial charge in [0.05, 0.1) is 11.5 Å². The summed E-state index contributed by atoms with van der Waals surface area (Å²) in [5.74, 6) is 2.20. The number of rotatable bonds is 10. The van der Waals surface area contributed by atoms with E-state index in [0.29, 0.717) is 47.6 Å². The number of carbonyl (C=O) groups excluding carboxylic acids is 1. The molecule has 0 bridgehead atoms. The van der Waals surface area contributed by atoms with Crippen LogP contribution >= 0.6 is 23.5 Å². The van der Waals surface area contributed by atoms with Gasteiger partial charge in [-0.3, -0.25) is 4.79 Å². The molecule has 0 saturated carbocycles. The second kappa shape index (κ2) is 12.1. The molecule has 0 spiro atoms. The van der Waals surface area contributed by atoms with E-state index in [1.807, 2.05) is 33.7 Å². The standard InChI is InChI=1S/C25H28FN5OS2/c1-2-12-31-23(18-33-17-20-8-6-7-11-22(20)26)27-28-25(31)34-19-24(32)30-15-13-29(14-16-30)21-9-4-3-5-10-21/h2-11H,1,12-19H2. The predicted octanol–water partition coefficient (Wildman–Crippen LogP) is 4.48. The van der Waals surface area contributed by atoms with Crippen molar-refractivity contribution in [1.82, 2.24) is 19.7 Å². The molecule has 1 fully saturated rings. The number of hydrogen-bond donors (Lipinski definition) is 0. The maximum atomic E-state index is 13.9. The van der Waals surface area contributed by atoms with Gasteiger partial charge >= 0.3 is 0 Å². The molecule has 0 N–H and O–H groups in total. The highest BCUT2D eigenvalue weighted by molar-refractivity contribution is 7.99. The van der Waals surface area contributed by atoms with Crippen LogP contribution in [-0.4, -0.2) is 57.5 Å². The van der Waals surface area contributed by atoms with E-state index < -0.39 is 0 Å². The zero-order valence-corrected chi connectivity index (χ0v) is 20.6. The maximum Gasteiger partial charge on any atom is 0.233 e. The number of anilines is 1. The van der Waals surface area contributed by atoms with Crippen molar-refractivity contribution in [3.05, 3.63) is 84.5 Å². The number of piperazine rings is 1. The number of thioether (sulfide) groups is 2. The van der Waals surface area contributed by atoms with Gasteiger partial charge in [0.1, 0.15) is 11.6 Å². The summed E-state index contributed by atoms with van der Waals surface area (Å²) in [5.41, 5.74) is 1.87. The Morgan fingerprint density at radius 3 is 2.47 bits per heavy atom. The van der Waals surface area contributed by atoms with Crippen molar-refractivity contribution in [2.24, 2.45) is 0 Å². The molecule has 6 nitrogen and oxygen atoms in total. The van der Waals surface area contributed by atoms with Crippen molar-refractivity contribution in [3.8, 4) is 0 Å². The number of para-hydroxylation sites is 1. The van der Waals surface area contributed by atoms with E-state index in [2.05, 4.69) is 33.8 Å². The Balaban J connectivity index is 1.28. The van der Waals surface area contributed by atoms with E-state index in [4.69, 9.17) is 0 Å². The molecule has 2 aromatic carbocycles. The zero-order valence-electron chi connectivity index (χ0n) is 19.0. The molecule has 1 aliphatic rings. The van der Waals surface area contributed by atoms with Gasteiger partial charge in [-0.15, -0.1) is 28.5 Å². The first-order valence-corrected chi connectivity index (χ1v) is 13.3. The highest BCUT2D eigenvalue weighted by atomic mass is 32.2. The van der Waals surface area contributed by atoms with E-state index in [1.165, 1.54) is 23.5 Å². The third-order valence-electron chi connectivity index (χ3n) is 5.63. The fraction of sp³-hybridized carbons (Fsp3) is 0.320. The van der Waals surface area contributed by atoms with E-state index in [1.54, 1.807) is 30.0 Å². The third-order valence-corrected chi connectivity index (χ3v) is 7.56. The first-order chi connectivity index (χ1) is 16.7. The van der Waals surface area contributed by atoms with Crippen molar-refractivity contribution in [3.63, 3.8) is 0 Å². The number of aromatic nitrogens is 3. The minimum atomic E-state index is -0.193. The molecule has 1 amide bonds. The van der Waals surface area contributed by atoms with Gasteiger partial charge in [0.25, 0.3) is 0 Å². The van der Waals surface area contributed by atoms with Crippen LogP contribution in [0.3, 0.4) is 0 Å². The number of nitrogens with zero attached hydrogens (tertiary/aromatic N) is 5. The smallest absolute Gasteiger partial charge is 0.233 e. The summed E-state index contributed by atoms with van der Waals surface area (Å²) < 4.78 is 15.8. The monoisotopic (exact) mass is 497 g/mol. The average molecular weight is 498 g/mol. The van der Waals surface area contributed by atoms with Crippen molar-refractivity contribution in [1.29, 1.82) is 0 Å². The summed E-state index contributed by atoms with van der Waals surface area (Å²) in [5, 5.41) is 9.34. The lowest BCUT2D eigenvalue weighted by atomic mass is 10.2. The molecule has 1 saturated heterocycles. The highest BCUT2D eigenvalue weighted by Crippen LogP contribution is 2.23. The summed E-state index contributed by atoms with van der Waals surface area (Å²) in [6.45, 7) is 7.49. The summed E-state index contributed by atoms with van der Waals surface area (Å²) in [4.78, 5) is 17.1. The van der Waals surface area contributed by atoms with Gasteiger partial charge in [-0.05, 0) is 23.8 Å². The predicted molar refractivity (Wildman–Crippen MR) is 138 cm³/mol. The van der Waals surface area contributed by atoms with Crippen molar-refractivity contribution < 1.29 is 9.18 Å². The quantitative estimate of drug-likeness (QED) is 0.304. The Morgan fingerprint density at radius 1 is 1.00 bits per heavy atom. The van der Waals surface area contributed by atoms with Gasteiger partial charge in [-0.25, -0.2) is 4.39 Å². The Morgan fingerprint density at radius 2 is 1.74 bits per heavy atom. The lowest BCUT2D eigenvalue weighted by molar-refractivity contribution is -0.128. The van der Waals surface area contributed by atoms with Gasteiger partial charge in [0.2, 0.25) is 5.91 Å². The van der Waals surface area contributed by atoms with E-state index in [-0.39, 0.29) is 11.7 Å². The molecule has 34 heavy (non-hydrogen) atoms. The van der Waals surface area contributed by atoms with Crippen LogP contribution in [0, 0.1) is 5.82 Å². The molecule has 0 atom stereocenters. The molecule has 0 radical (unpaired) electrons. The molecule has 4 rings (SSSR count). The summed E-state index contributed by atoms with van der Waals surface area (Å²) in [6.07, 6.45) is 1.79. The fourth-order valence-electron chi connectivity index (χ4n) is 3.78. The van der Waals surface area contributed by atoms with Crippen LogP contribution in [0.15, 0.2) is 72.4 Å². The third kappa shape index (κ3) is 6.21. The lowest BCUT2D eigenvalue weighted by Crippen LogP contribution is -2.49. The molecule has 1 aromatic heterocycles. The van der Waals surface area contributed by atoms with Crippen LogP contribution in [0.1, 0.15) is 11.4 Å². The Kier molecular flexibility index (Phi) is 8.65. The first kappa shape index (κ1) is 24.3. The minimum Gasteiger partial charge on any atom is -0.368 e. The number of allylic oxidation sites excluding steroid dienone is 1. The van der Waals surface area contributed by atoms with E-state index in [0.717, 1.165) is 18.9 Å². The van der Waals surface area contributed by atoms with Crippen molar-refractivity contribution in [2.45, 2.75) is 23.2 Å². The van der Waals surface area contributed by atoms with Crippen LogP contribution in [0.4, 0.5) is 10.1 Å². The van der Waals surface area contributed by atoms with Crippen LogP contribution in [-0.2, 0) is 22.8 Å². The Bertz CT molecular complexity index is 1100. The van der Waals surface area contributed by atoms with E-state index in [9.17, 15) is 9.18 Å². The molecule has 1 aliphatic heterocycles. The minimum absolute atomic E-state index is 0.112. The summed E-state index contributed by atoms with van der Waals surface area (Å²) in [6, 6.07) is 17.1. The van der Waals surface area contributed by atoms with Gasteiger partial charge in [0.15, 0.2) is 5.16 Å². The van der Waals surface area contributed by atoms with Crippen LogP contribution in [0.5, 0.6) is 0 Å². The Hall–Kier alpha value is -2.78. The van der Waals surface area contributed by atoms with Crippen LogP contribution in [0.2, 0.25) is 0 Å². The summed E-state index contributed by atoms with van der Waals surface area (Å²) in [7, 11) is 0. The normalized spacial score (nSPS) is 13.8. The fourth-order valence-corrected chi connectivity index (χ4v) is 5.60. The average Bonchev–Trinajstić information content (AvgIpc) is 3.26. The highest BCUT2D eigenvalue weighted by Gasteiger charge is 2.22. The largest absolute Gasteiger partial charge is 0.368 e. The topological polar surface area (TPSA) is 54.3 Å². The second-order valence-electron chi connectivity index (χ2n) is 7.87. The van der Waals surface area contributed by atoms with Crippen LogP contribution in [0.25, 0.3) is 0 Å². The Labute approximate surface area is 208 Å². The van der Waals surface area contributed by atoms with Gasteiger partial charge in [0, 0.05) is 44.2 Å². The number of benzene rings is 2. The first-order valence-electron chi connectivity index (χ1n) is 11.2. The lowest BCUT2D eigenvalue weighted by Gasteiger charge is -2.36. The molecule has 2 heterocycles. The molecule has 0 unspecified atom stereocenters. The number of halogens is 1.